The predicted octanol–water partition coefficient (Wildman–Crippen LogP) is 2.43. The highest BCUT2D eigenvalue weighted by Crippen LogP contribution is 2.29. The van der Waals surface area contributed by atoms with Gasteiger partial charge in [0, 0.05) is 32.0 Å². The molecule has 1 saturated heterocycles. The van der Waals surface area contributed by atoms with Gasteiger partial charge < -0.3 is 10.5 Å². The van der Waals surface area contributed by atoms with E-state index in [1.807, 2.05) is 11.7 Å². The van der Waals surface area contributed by atoms with Gasteiger partial charge in [-0.2, -0.15) is 5.10 Å². The van der Waals surface area contributed by atoms with Crippen molar-refractivity contribution in [3.05, 3.63) is 15.9 Å². The maximum absolute atomic E-state index is 6.42. The summed E-state index contributed by atoms with van der Waals surface area (Å²) in [7, 11) is 1.99. The van der Waals surface area contributed by atoms with Crippen LogP contribution in [0.5, 0.6) is 0 Å². The van der Waals surface area contributed by atoms with E-state index in [4.69, 9.17) is 10.5 Å². The fourth-order valence-electron chi connectivity index (χ4n) is 2.99. The quantitative estimate of drug-likeness (QED) is 0.902. The summed E-state index contributed by atoms with van der Waals surface area (Å²) >= 11 is 3.66. The summed E-state index contributed by atoms with van der Waals surface area (Å²) in [5, 5.41) is 4.53. The number of rotatable bonds is 5. The minimum atomic E-state index is 0.142. The van der Waals surface area contributed by atoms with Crippen LogP contribution in [0.25, 0.3) is 0 Å². The lowest BCUT2D eigenvalue weighted by molar-refractivity contribution is 0.0812. The fraction of sp³-hybridized carbons (Fsp3) is 0.786. The largest absolute Gasteiger partial charge is 0.378 e. The van der Waals surface area contributed by atoms with E-state index in [9.17, 15) is 0 Å². The monoisotopic (exact) mass is 329 g/mol. The predicted molar refractivity (Wildman–Crippen MR) is 80.1 cm³/mol. The van der Waals surface area contributed by atoms with E-state index in [0.29, 0.717) is 12.0 Å². The molecule has 1 aromatic heterocycles. The molecule has 2 rings (SSSR count). The van der Waals surface area contributed by atoms with Crippen LogP contribution in [-0.2, 0) is 24.6 Å². The van der Waals surface area contributed by atoms with Crippen molar-refractivity contribution in [2.45, 2.75) is 51.7 Å². The molecule has 0 aromatic carbocycles. The average molecular weight is 330 g/mol. The van der Waals surface area contributed by atoms with Gasteiger partial charge in [-0.1, -0.05) is 13.8 Å². The summed E-state index contributed by atoms with van der Waals surface area (Å²) in [5.41, 5.74) is 8.73. The Kier molecular flexibility index (Phi) is 5.03. The minimum absolute atomic E-state index is 0.142. The first-order chi connectivity index (χ1) is 9.08. The number of aromatic nitrogens is 2. The number of hydrogen-bond acceptors (Lipinski definition) is 3. The van der Waals surface area contributed by atoms with Gasteiger partial charge in [-0.25, -0.2) is 0 Å². The smallest absolute Gasteiger partial charge is 0.0766 e. The summed E-state index contributed by atoms with van der Waals surface area (Å²) < 4.78 is 8.83. The summed E-state index contributed by atoms with van der Waals surface area (Å²) in [6, 6.07) is 0.142. The van der Waals surface area contributed by atoms with Crippen LogP contribution in [0.15, 0.2) is 4.47 Å². The molecule has 1 aromatic rings. The second kappa shape index (κ2) is 6.37. The van der Waals surface area contributed by atoms with Crippen LogP contribution in [0, 0.1) is 5.92 Å². The van der Waals surface area contributed by atoms with E-state index in [1.54, 1.807) is 0 Å². The molecule has 19 heavy (non-hydrogen) atoms. The highest BCUT2D eigenvalue weighted by Gasteiger charge is 2.32. The molecule has 2 N–H and O–H groups in total. The van der Waals surface area contributed by atoms with Crippen molar-refractivity contribution in [3.8, 4) is 0 Å². The first-order valence-electron chi connectivity index (χ1n) is 7.15. The third-order valence-corrected chi connectivity index (χ3v) is 5.06. The first kappa shape index (κ1) is 15.0. The molecule has 0 spiro atoms. The summed E-state index contributed by atoms with van der Waals surface area (Å²) in [6.07, 6.45) is 4.25. The Bertz CT molecular complexity index is 433. The number of halogens is 1. The standard InChI is InChI=1S/C14H24BrN3O/c1-4-11-14(15)12(18(3)17-11)8-10(16)9-6-7-19-13(9)5-2/h9-10,13H,4-8,16H2,1-3H3. The molecule has 1 aliphatic rings. The zero-order valence-corrected chi connectivity index (χ0v) is 13.6. The molecule has 0 bridgehead atoms. The molecule has 4 nitrogen and oxygen atoms in total. The Morgan fingerprint density at radius 2 is 2.26 bits per heavy atom. The lowest BCUT2D eigenvalue weighted by atomic mass is 9.89. The van der Waals surface area contributed by atoms with Gasteiger partial charge >= 0.3 is 0 Å². The lowest BCUT2D eigenvalue weighted by Crippen LogP contribution is -2.37. The van der Waals surface area contributed by atoms with Crippen molar-refractivity contribution in [3.63, 3.8) is 0 Å². The molecule has 3 atom stereocenters. The zero-order chi connectivity index (χ0) is 14.0. The number of ether oxygens (including phenoxy) is 1. The molecule has 5 heteroatoms. The summed E-state index contributed by atoms with van der Waals surface area (Å²) in [5.74, 6) is 0.469. The number of nitrogens with two attached hydrogens (primary N) is 1. The number of nitrogens with zero attached hydrogens (tertiary/aromatic N) is 2. The van der Waals surface area contributed by atoms with Crippen molar-refractivity contribution in [1.82, 2.24) is 9.78 Å². The topological polar surface area (TPSA) is 53.1 Å². The van der Waals surface area contributed by atoms with E-state index in [2.05, 4.69) is 34.9 Å². The third kappa shape index (κ3) is 3.03. The SMILES string of the molecule is CCc1nn(C)c(CC(N)C2CCOC2CC)c1Br. The average Bonchev–Trinajstić information content (AvgIpc) is 2.97. The van der Waals surface area contributed by atoms with Crippen LogP contribution < -0.4 is 5.73 Å². The minimum Gasteiger partial charge on any atom is -0.378 e. The molecule has 0 amide bonds. The van der Waals surface area contributed by atoms with E-state index < -0.39 is 0 Å². The molecular weight excluding hydrogens is 306 g/mol. The van der Waals surface area contributed by atoms with Gasteiger partial charge in [-0.3, -0.25) is 4.68 Å². The Labute approximate surface area is 123 Å². The maximum Gasteiger partial charge on any atom is 0.0766 e. The fourth-order valence-corrected chi connectivity index (χ4v) is 3.77. The van der Waals surface area contributed by atoms with Crippen molar-refractivity contribution < 1.29 is 4.74 Å². The normalized spacial score (nSPS) is 24.9. The van der Waals surface area contributed by atoms with Gasteiger partial charge in [0.2, 0.25) is 0 Å². The van der Waals surface area contributed by atoms with Gasteiger partial charge in [0.05, 0.1) is 22.0 Å². The van der Waals surface area contributed by atoms with Gasteiger partial charge in [0.25, 0.3) is 0 Å². The lowest BCUT2D eigenvalue weighted by Gasteiger charge is -2.23. The Morgan fingerprint density at radius 3 is 2.84 bits per heavy atom. The van der Waals surface area contributed by atoms with Crippen molar-refractivity contribution >= 4 is 15.9 Å². The van der Waals surface area contributed by atoms with E-state index in [1.165, 1.54) is 5.69 Å². The van der Waals surface area contributed by atoms with Gasteiger partial charge in [0.15, 0.2) is 0 Å². The van der Waals surface area contributed by atoms with Crippen LogP contribution in [0.1, 0.15) is 38.1 Å². The molecule has 1 aliphatic heterocycles. The van der Waals surface area contributed by atoms with E-state index >= 15 is 0 Å². The highest BCUT2D eigenvalue weighted by atomic mass is 79.9. The van der Waals surface area contributed by atoms with Crippen LogP contribution >= 0.6 is 15.9 Å². The molecule has 0 radical (unpaired) electrons. The second-order valence-electron chi connectivity index (χ2n) is 5.32. The van der Waals surface area contributed by atoms with Gasteiger partial charge in [0.1, 0.15) is 0 Å². The summed E-state index contributed by atoms with van der Waals surface area (Å²) in [6.45, 7) is 5.14. The molecule has 0 aliphatic carbocycles. The molecule has 2 heterocycles. The van der Waals surface area contributed by atoms with Gasteiger partial charge in [-0.05, 0) is 35.2 Å². The Hall–Kier alpha value is -0.390. The van der Waals surface area contributed by atoms with E-state index in [0.717, 1.165) is 42.5 Å². The zero-order valence-electron chi connectivity index (χ0n) is 12.0. The molecule has 0 saturated carbocycles. The molecule has 3 unspecified atom stereocenters. The van der Waals surface area contributed by atoms with Crippen LogP contribution in [0.2, 0.25) is 0 Å². The molecular formula is C14H24BrN3O. The van der Waals surface area contributed by atoms with Crippen LogP contribution in [0.4, 0.5) is 0 Å². The first-order valence-corrected chi connectivity index (χ1v) is 7.95. The maximum atomic E-state index is 6.42. The van der Waals surface area contributed by atoms with Crippen LogP contribution in [0.3, 0.4) is 0 Å². The highest BCUT2D eigenvalue weighted by molar-refractivity contribution is 9.10. The number of aryl methyl sites for hydroxylation is 2. The molecule has 108 valence electrons. The Balaban J connectivity index is 2.10. The van der Waals surface area contributed by atoms with Crippen molar-refractivity contribution in [1.29, 1.82) is 0 Å². The van der Waals surface area contributed by atoms with Crippen molar-refractivity contribution in [2.75, 3.05) is 6.61 Å². The van der Waals surface area contributed by atoms with Gasteiger partial charge in [-0.15, -0.1) is 0 Å². The Morgan fingerprint density at radius 1 is 1.53 bits per heavy atom. The summed E-state index contributed by atoms with van der Waals surface area (Å²) in [4.78, 5) is 0. The number of hydrogen-bond donors (Lipinski definition) is 1. The van der Waals surface area contributed by atoms with E-state index in [-0.39, 0.29) is 6.04 Å². The third-order valence-electron chi connectivity index (χ3n) is 4.14. The van der Waals surface area contributed by atoms with Crippen LogP contribution in [-0.4, -0.2) is 28.5 Å². The van der Waals surface area contributed by atoms with Crippen molar-refractivity contribution in [2.24, 2.45) is 18.7 Å². The second-order valence-corrected chi connectivity index (χ2v) is 6.12. The molecule has 1 fully saturated rings.